The average Bonchev–Trinajstić information content (AvgIpc) is 2.51. The van der Waals surface area contributed by atoms with E-state index in [1.807, 2.05) is 0 Å². The smallest absolute Gasteiger partial charge is 0.246 e. The third-order valence-electron chi connectivity index (χ3n) is 5.10. The van der Waals surface area contributed by atoms with Crippen LogP contribution in [0.4, 0.5) is 0 Å². The molecule has 1 atom stereocenters. The molecule has 5 nitrogen and oxygen atoms in total. The Morgan fingerprint density at radius 1 is 1.00 bits per heavy atom. The van der Waals surface area contributed by atoms with E-state index in [4.69, 9.17) is 0 Å². The number of nitrogens with zero attached hydrogens (tertiary/aromatic N) is 1. The Kier molecular flexibility index (Phi) is 4.62. The number of hydrogen-bond donors (Lipinski definition) is 1. The summed E-state index contributed by atoms with van der Waals surface area (Å²) < 4.78 is 11.5. The van der Waals surface area contributed by atoms with Gasteiger partial charge in [-0.15, -0.1) is 0 Å². The van der Waals surface area contributed by atoms with Crippen LogP contribution in [0.15, 0.2) is 0 Å². The van der Waals surface area contributed by atoms with Gasteiger partial charge in [-0.3, -0.25) is 13.8 Å². The van der Waals surface area contributed by atoms with Crippen molar-refractivity contribution in [3.63, 3.8) is 0 Å². The topological polar surface area (TPSA) is 66.5 Å². The highest BCUT2D eigenvalue weighted by atomic mass is 32.2. The van der Waals surface area contributed by atoms with E-state index < -0.39 is 10.8 Å². The Hall–Kier alpha value is -0.910. The van der Waals surface area contributed by atoms with Gasteiger partial charge in [0.15, 0.2) is 0 Å². The van der Waals surface area contributed by atoms with Gasteiger partial charge in [0.1, 0.15) is 6.04 Å². The summed E-state index contributed by atoms with van der Waals surface area (Å²) in [4.78, 5) is 26.6. The highest BCUT2D eigenvalue weighted by molar-refractivity contribution is 7.85. The molecule has 0 aromatic carbocycles. The Morgan fingerprint density at radius 2 is 1.67 bits per heavy atom. The Balaban J connectivity index is 1.70. The summed E-state index contributed by atoms with van der Waals surface area (Å²) in [6.45, 7) is 0.180. The number of piperazine rings is 1. The molecule has 0 aromatic heterocycles. The first-order valence-corrected chi connectivity index (χ1v) is 9.59. The quantitative estimate of drug-likeness (QED) is 0.820. The highest BCUT2D eigenvalue weighted by Gasteiger charge is 2.41. The monoisotopic (exact) mass is 312 g/mol. The van der Waals surface area contributed by atoms with E-state index >= 15 is 0 Å². The van der Waals surface area contributed by atoms with Gasteiger partial charge < -0.3 is 10.2 Å². The number of carbonyl (C=O) groups excluding carboxylic acids is 2. The molecule has 3 fully saturated rings. The summed E-state index contributed by atoms with van der Waals surface area (Å²) >= 11 is 0. The Morgan fingerprint density at radius 3 is 2.33 bits per heavy atom. The molecule has 0 aromatic rings. The van der Waals surface area contributed by atoms with Crippen molar-refractivity contribution in [2.24, 2.45) is 5.92 Å². The molecule has 21 heavy (non-hydrogen) atoms. The first-order chi connectivity index (χ1) is 10.1. The van der Waals surface area contributed by atoms with Crippen molar-refractivity contribution in [2.75, 3.05) is 18.1 Å². The third kappa shape index (κ3) is 3.30. The van der Waals surface area contributed by atoms with Crippen LogP contribution in [-0.2, 0) is 20.4 Å². The maximum atomic E-state index is 12.8. The number of hydrogen-bond acceptors (Lipinski definition) is 3. The van der Waals surface area contributed by atoms with Crippen LogP contribution in [0.1, 0.15) is 44.9 Å². The normalized spacial score (nSPS) is 35.6. The van der Waals surface area contributed by atoms with Gasteiger partial charge in [-0.25, -0.2) is 0 Å². The number of nitrogens with one attached hydrogen (secondary N) is 1. The maximum Gasteiger partial charge on any atom is 0.246 e. The molecule has 1 unspecified atom stereocenters. The van der Waals surface area contributed by atoms with Crippen molar-refractivity contribution in [1.82, 2.24) is 10.2 Å². The van der Waals surface area contributed by atoms with Gasteiger partial charge in [0.25, 0.3) is 0 Å². The van der Waals surface area contributed by atoms with Crippen LogP contribution >= 0.6 is 0 Å². The SMILES string of the molecule is O=C1CN(C2CCS(=O)CC2)C(=O)C(C2CCCCC2)N1. The Bertz CT molecular complexity index is 438. The van der Waals surface area contributed by atoms with Crippen LogP contribution in [0, 0.1) is 5.92 Å². The van der Waals surface area contributed by atoms with Crippen LogP contribution in [0.25, 0.3) is 0 Å². The minimum atomic E-state index is -0.737. The fraction of sp³-hybridized carbons (Fsp3) is 0.867. The fourth-order valence-electron chi connectivity index (χ4n) is 3.88. The van der Waals surface area contributed by atoms with E-state index in [9.17, 15) is 13.8 Å². The Labute approximate surface area is 128 Å². The van der Waals surface area contributed by atoms with Crippen LogP contribution < -0.4 is 5.32 Å². The molecule has 2 aliphatic heterocycles. The summed E-state index contributed by atoms with van der Waals surface area (Å²) in [7, 11) is -0.737. The van der Waals surface area contributed by atoms with Gasteiger partial charge >= 0.3 is 0 Å². The van der Waals surface area contributed by atoms with E-state index in [0.29, 0.717) is 17.4 Å². The average molecular weight is 312 g/mol. The standard InChI is InChI=1S/C15H24N2O3S/c18-13-10-17(12-6-8-21(20)9-7-12)15(19)14(16-13)11-4-2-1-3-5-11/h11-12,14H,1-10H2,(H,16,18). The minimum Gasteiger partial charge on any atom is -0.342 e. The molecule has 2 saturated heterocycles. The molecule has 118 valence electrons. The van der Waals surface area contributed by atoms with Crippen LogP contribution in [0.3, 0.4) is 0 Å². The van der Waals surface area contributed by atoms with E-state index in [1.54, 1.807) is 4.90 Å². The molecule has 1 N–H and O–H groups in total. The first kappa shape index (κ1) is 15.0. The lowest BCUT2D eigenvalue weighted by Crippen LogP contribution is -2.63. The van der Waals surface area contributed by atoms with Crippen LogP contribution in [0.5, 0.6) is 0 Å². The largest absolute Gasteiger partial charge is 0.342 e. The lowest BCUT2D eigenvalue weighted by atomic mass is 9.82. The van der Waals surface area contributed by atoms with Gasteiger partial charge in [-0.2, -0.15) is 0 Å². The predicted octanol–water partition coefficient (Wildman–Crippen LogP) is 0.805. The zero-order valence-electron chi connectivity index (χ0n) is 12.4. The minimum absolute atomic E-state index is 0.0307. The van der Waals surface area contributed by atoms with E-state index in [0.717, 1.165) is 38.5 Å². The van der Waals surface area contributed by atoms with Crippen molar-refractivity contribution in [1.29, 1.82) is 0 Å². The predicted molar refractivity (Wildman–Crippen MR) is 81.1 cm³/mol. The van der Waals surface area contributed by atoms with Crippen LogP contribution in [-0.4, -0.2) is 51.1 Å². The molecule has 1 saturated carbocycles. The summed E-state index contributed by atoms with van der Waals surface area (Å²) in [5.41, 5.74) is 0. The summed E-state index contributed by atoms with van der Waals surface area (Å²) in [5.74, 6) is 1.68. The second-order valence-corrected chi connectivity index (χ2v) is 8.18. The molecular formula is C15H24N2O3S. The molecule has 6 heteroatoms. The zero-order valence-corrected chi connectivity index (χ0v) is 13.2. The zero-order chi connectivity index (χ0) is 14.8. The number of amides is 2. The van der Waals surface area contributed by atoms with Crippen molar-refractivity contribution < 1.29 is 13.8 Å². The lowest BCUT2D eigenvalue weighted by molar-refractivity contribution is -0.148. The van der Waals surface area contributed by atoms with E-state index in [2.05, 4.69) is 5.32 Å². The maximum absolute atomic E-state index is 12.8. The molecule has 0 radical (unpaired) electrons. The highest BCUT2D eigenvalue weighted by Crippen LogP contribution is 2.29. The van der Waals surface area contributed by atoms with Crippen molar-refractivity contribution in [3.05, 3.63) is 0 Å². The number of rotatable bonds is 2. The van der Waals surface area contributed by atoms with Crippen molar-refractivity contribution >= 4 is 22.6 Å². The molecule has 3 aliphatic rings. The van der Waals surface area contributed by atoms with Crippen LogP contribution in [0.2, 0.25) is 0 Å². The summed E-state index contributed by atoms with van der Waals surface area (Å²) in [6.07, 6.45) is 7.17. The number of carbonyl (C=O) groups is 2. The summed E-state index contributed by atoms with van der Waals surface area (Å²) in [6, 6.07) is -0.216. The molecule has 3 rings (SSSR count). The van der Waals surface area contributed by atoms with Gasteiger partial charge in [0, 0.05) is 28.3 Å². The summed E-state index contributed by atoms with van der Waals surface area (Å²) in [5, 5.41) is 2.92. The van der Waals surface area contributed by atoms with Gasteiger partial charge in [0.05, 0.1) is 6.54 Å². The van der Waals surface area contributed by atoms with Crippen molar-refractivity contribution in [2.45, 2.75) is 57.0 Å². The van der Waals surface area contributed by atoms with E-state index in [-0.39, 0.29) is 30.4 Å². The lowest BCUT2D eigenvalue weighted by Gasteiger charge is -2.42. The first-order valence-electron chi connectivity index (χ1n) is 8.10. The van der Waals surface area contributed by atoms with E-state index in [1.165, 1.54) is 6.42 Å². The molecule has 0 bridgehead atoms. The van der Waals surface area contributed by atoms with Crippen molar-refractivity contribution in [3.8, 4) is 0 Å². The third-order valence-corrected chi connectivity index (χ3v) is 6.48. The van der Waals surface area contributed by atoms with Gasteiger partial charge in [-0.05, 0) is 31.6 Å². The van der Waals surface area contributed by atoms with Gasteiger partial charge in [-0.1, -0.05) is 19.3 Å². The molecular weight excluding hydrogens is 288 g/mol. The fourth-order valence-corrected chi connectivity index (χ4v) is 5.16. The van der Waals surface area contributed by atoms with Gasteiger partial charge in [0.2, 0.25) is 11.8 Å². The molecule has 2 heterocycles. The molecule has 2 amide bonds. The second-order valence-electron chi connectivity index (χ2n) is 6.49. The molecule has 1 aliphatic carbocycles. The molecule has 0 spiro atoms. The second kappa shape index (κ2) is 6.46.